The summed E-state index contributed by atoms with van der Waals surface area (Å²) in [5.74, 6) is 2.82. The fraction of sp³-hybridized carbons (Fsp3) is 0.556. The highest BCUT2D eigenvalue weighted by atomic mass is 15.2. The molecule has 2 aliphatic rings. The molecule has 3 N–H and O–H groups in total. The summed E-state index contributed by atoms with van der Waals surface area (Å²) in [6, 6.07) is 0. The molecule has 1 unspecified atom stereocenters. The molecular formula is C18H26N8. The molecule has 0 aromatic carbocycles. The van der Waals surface area contributed by atoms with E-state index < -0.39 is 0 Å². The van der Waals surface area contributed by atoms with Gasteiger partial charge in [-0.05, 0) is 32.4 Å². The average Bonchev–Trinajstić information content (AvgIpc) is 2.94. The second kappa shape index (κ2) is 7.41. The van der Waals surface area contributed by atoms with E-state index in [4.69, 9.17) is 5.73 Å². The first kappa shape index (κ1) is 17.0. The van der Waals surface area contributed by atoms with E-state index in [1.54, 1.807) is 12.4 Å². The van der Waals surface area contributed by atoms with Crippen molar-refractivity contribution in [3.8, 4) is 0 Å². The van der Waals surface area contributed by atoms with Crippen molar-refractivity contribution in [2.24, 2.45) is 5.92 Å². The number of nitrogens with one attached hydrogen (secondary N) is 1. The van der Waals surface area contributed by atoms with Crippen LogP contribution in [-0.2, 0) is 12.8 Å². The number of nitrogen functional groups attached to an aromatic ring is 1. The minimum absolute atomic E-state index is 0.350. The van der Waals surface area contributed by atoms with Crippen molar-refractivity contribution in [3.05, 3.63) is 29.8 Å². The van der Waals surface area contributed by atoms with Gasteiger partial charge in [0.2, 0.25) is 5.95 Å². The van der Waals surface area contributed by atoms with Crippen LogP contribution in [0.5, 0.6) is 0 Å². The number of aromatic nitrogens is 4. The van der Waals surface area contributed by atoms with Gasteiger partial charge in [0.15, 0.2) is 0 Å². The SMILES string of the molecule is CN1CCC(CNc2nc(N)nc3c2CCN(c2cnccn2)CC3)C1. The van der Waals surface area contributed by atoms with Crippen molar-refractivity contribution in [3.63, 3.8) is 0 Å². The fourth-order valence-corrected chi connectivity index (χ4v) is 3.88. The van der Waals surface area contributed by atoms with Gasteiger partial charge in [0.05, 0.1) is 11.9 Å². The van der Waals surface area contributed by atoms with Crippen LogP contribution in [0.4, 0.5) is 17.6 Å². The summed E-state index contributed by atoms with van der Waals surface area (Å²) in [5, 5.41) is 3.55. The van der Waals surface area contributed by atoms with Crippen molar-refractivity contribution >= 4 is 17.6 Å². The maximum atomic E-state index is 5.98. The fourth-order valence-electron chi connectivity index (χ4n) is 3.88. The number of hydrogen-bond donors (Lipinski definition) is 2. The van der Waals surface area contributed by atoms with E-state index in [0.29, 0.717) is 11.9 Å². The van der Waals surface area contributed by atoms with E-state index in [2.05, 4.69) is 42.1 Å². The van der Waals surface area contributed by atoms with Gasteiger partial charge < -0.3 is 20.9 Å². The van der Waals surface area contributed by atoms with Crippen LogP contribution in [0.3, 0.4) is 0 Å². The number of likely N-dealkylation sites (tertiary alicyclic amines) is 1. The third kappa shape index (κ3) is 3.70. The molecule has 0 saturated carbocycles. The van der Waals surface area contributed by atoms with Crippen LogP contribution in [0, 0.1) is 5.92 Å². The summed E-state index contributed by atoms with van der Waals surface area (Å²) in [6.07, 6.45) is 8.18. The summed E-state index contributed by atoms with van der Waals surface area (Å²) < 4.78 is 0. The molecule has 0 bridgehead atoms. The van der Waals surface area contributed by atoms with Gasteiger partial charge in [-0.3, -0.25) is 4.98 Å². The molecule has 1 saturated heterocycles. The van der Waals surface area contributed by atoms with Gasteiger partial charge in [-0.25, -0.2) is 9.97 Å². The molecule has 4 heterocycles. The van der Waals surface area contributed by atoms with Gasteiger partial charge in [-0.1, -0.05) is 0 Å². The highest BCUT2D eigenvalue weighted by molar-refractivity contribution is 5.52. The molecule has 2 aliphatic heterocycles. The zero-order valence-corrected chi connectivity index (χ0v) is 15.2. The third-order valence-electron chi connectivity index (χ3n) is 5.28. The van der Waals surface area contributed by atoms with E-state index in [-0.39, 0.29) is 0 Å². The highest BCUT2D eigenvalue weighted by Gasteiger charge is 2.23. The lowest BCUT2D eigenvalue weighted by Crippen LogP contribution is -2.27. The van der Waals surface area contributed by atoms with Crippen molar-refractivity contribution in [2.75, 3.05) is 55.7 Å². The van der Waals surface area contributed by atoms with Crippen LogP contribution in [-0.4, -0.2) is 64.6 Å². The second-order valence-electron chi connectivity index (χ2n) is 7.20. The predicted octanol–water partition coefficient (Wildman–Crippen LogP) is 0.818. The first-order chi connectivity index (χ1) is 12.7. The predicted molar refractivity (Wildman–Crippen MR) is 102 cm³/mol. The molecule has 2 aromatic heterocycles. The topological polar surface area (TPSA) is 96.1 Å². The van der Waals surface area contributed by atoms with Gasteiger partial charge in [-0.2, -0.15) is 4.98 Å². The summed E-state index contributed by atoms with van der Waals surface area (Å²) in [4.78, 5) is 22.2. The van der Waals surface area contributed by atoms with E-state index in [0.717, 1.165) is 56.4 Å². The number of hydrogen-bond acceptors (Lipinski definition) is 8. The number of fused-ring (bicyclic) bond motifs is 1. The monoisotopic (exact) mass is 354 g/mol. The lowest BCUT2D eigenvalue weighted by molar-refractivity contribution is 0.399. The zero-order chi connectivity index (χ0) is 17.9. The quantitative estimate of drug-likeness (QED) is 0.833. The Kier molecular flexibility index (Phi) is 4.83. The van der Waals surface area contributed by atoms with Crippen molar-refractivity contribution in [2.45, 2.75) is 19.3 Å². The summed E-state index contributed by atoms with van der Waals surface area (Å²) in [5.41, 5.74) is 8.22. The minimum Gasteiger partial charge on any atom is -0.369 e. The van der Waals surface area contributed by atoms with Gasteiger partial charge in [-0.15, -0.1) is 0 Å². The van der Waals surface area contributed by atoms with E-state index >= 15 is 0 Å². The van der Waals surface area contributed by atoms with Crippen molar-refractivity contribution < 1.29 is 0 Å². The normalized spacial score (nSPS) is 20.7. The minimum atomic E-state index is 0.350. The number of rotatable bonds is 4. The largest absolute Gasteiger partial charge is 0.369 e. The number of nitrogens with zero attached hydrogens (tertiary/aromatic N) is 6. The van der Waals surface area contributed by atoms with Crippen LogP contribution >= 0.6 is 0 Å². The van der Waals surface area contributed by atoms with Crippen molar-refractivity contribution in [1.29, 1.82) is 0 Å². The molecule has 0 amide bonds. The molecule has 2 aromatic rings. The number of anilines is 3. The summed E-state index contributed by atoms with van der Waals surface area (Å²) in [7, 11) is 2.18. The summed E-state index contributed by atoms with van der Waals surface area (Å²) in [6.45, 7) is 4.97. The first-order valence-electron chi connectivity index (χ1n) is 9.27. The Morgan fingerprint density at radius 3 is 2.85 bits per heavy atom. The van der Waals surface area contributed by atoms with Crippen LogP contribution in [0.25, 0.3) is 0 Å². The van der Waals surface area contributed by atoms with Gasteiger partial charge >= 0.3 is 0 Å². The van der Waals surface area contributed by atoms with Crippen LogP contribution in [0.1, 0.15) is 17.7 Å². The van der Waals surface area contributed by atoms with Gasteiger partial charge in [0.25, 0.3) is 0 Å². The Bertz CT molecular complexity index is 750. The van der Waals surface area contributed by atoms with Gasteiger partial charge in [0, 0.05) is 50.6 Å². The molecule has 8 heteroatoms. The van der Waals surface area contributed by atoms with E-state index in [1.165, 1.54) is 18.5 Å². The zero-order valence-electron chi connectivity index (χ0n) is 15.2. The Morgan fingerprint density at radius 1 is 1.19 bits per heavy atom. The van der Waals surface area contributed by atoms with Gasteiger partial charge in [0.1, 0.15) is 11.6 Å². The number of nitrogens with two attached hydrogens (primary N) is 1. The highest BCUT2D eigenvalue weighted by Crippen LogP contribution is 2.25. The maximum Gasteiger partial charge on any atom is 0.222 e. The first-order valence-corrected chi connectivity index (χ1v) is 9.27. The standard InChI is InChI=1S/C18H26N8/c1-25-7-2-13(12-25)10-22-17-14-3-8-26(16-11-20-5-6-21-16)9-4-15(14)23-18(19)24-17/h5-6,11,13H,2-4,7-10,12H2,1H3,(H3,19,22,23,24). The third-order valence-corrected chi connectivity index (χ3v) is 5.28. The Morgan fingerprint density at radius 2 is 2.08 bits per heavy atom. The average molecular weight is 354 g/mol. The molecule has 26 heavy (non-hydrogen) atoms. The lowest BCUT2D eigenvalue weighted by atomic mass is 10.1. The smallest absolute Gasteiger partial charge is 0.222 e. The summed E-state index contributed by atoms with van der Waals surface area (Å²) >= 11 is 0. The van der Waals surface area contributed by atoms with Crippen LogP contribution in [0.15, 0.2) is 18.6 Å². The Labute approximate surface area is 153 Å². The molecule has 0 radical (unpaired) electrons. The molecule has 8 nitrogen and oxygen atoms in total. The molecule has 0 spiro atoms. The van der Waals surface area contributed by atoms with Crippen LogP contribution in [0.2, 0.25) is 0 Å². The van der Waals surface area contributed by atoms with E-state index in [1.807, 2.05) is 6.20 Å². The van der Waals surface area contributed by atoms with Crippen molar-refractivity contribution in [1.82, 2.24) is 24.8 Å². The second-order valence-corrected chi connectivity index (χ2v) is 7.20. The lowest BCUT2D eigenvalue weighted by Gasteiger charge is -2.20. The van der Waals surface area contributed by atoms with E-state index in [9.17, 15) is 0 Å². The molecule has 4 rings (SSSR count). The molecular weight excluding hydrogens is 328 g/mol. The molecule has 1 fully saturated rings. The van der Waals surface area contributed by atoms with Crippen LogP contribution < -0.4 is 16.0 Å². The Hall–Kier alpha value is -2.48. The Balaban J connectivity index is 1.49. The molecule has 1 atom stereocenters. The molecule has 138 valence electrons. The molecule has 0 aliphatic carbocycles. The maximum absolute atomic E-state index is 5.98.